The van der Waals surface area contributed by atoms with Gasteiger partial charge in [0.1, 0.15) is 13.2 Å². The summed E-state index contributed by atoms with van der Waals surface area (Å²) in [6, 6.07) is 1.42. The first-order valence-corrected chi connectivity index (χ1v) is 8.48. The maximum Gasteiger partial charge on any atom is 0.314 e. The minimum Gasteiger partial charge on any atom is -0.141 e. The molecule has 0 saturated carbocycles. The van der Waals surface area contributed by atoms with Gasteiger partial charge in [0.25, 0.3) is 0 Å². The van der Waals surface area contributed by atoms with Gasteiger partial charge in [0.05, 0.1) is 0 Å². The summed E-state index contributed by atoms with van der Waals surface area (Å²) >= 11 is -0.204. The van der Waals surface area contributed by atoms with Crippen LogP contribution in [0.5, 0.6) is 0 Å². The molecule has 0 aromatic rings. The fourth-order valence-corrected chi connectivity index (χ4v) is 3.27. The summed E-state index contributed by atoms with van der Waals surface area (Å²) in [5.41, 5.74) is 0. The van der Waals surface area contributed by atoms with E-state index in [2.05, 4.69) is 6.55 Å². The van der Waals surface area contributed by atoms with Crippen molar-refractivity contribution in [2.24, 2.45) is 0 Å². The maximum atomic E-state index is 5.45. The Hall–Kier alpha value is 0.487. The van der Waals surface area contributed by atoms with Gasteiger partial charge in [-0.3, -0.25) is 0 Å². The van der Waals surface area contributed by atoms with E-state index in [1.807, 2.05) is 13.8 Å². The van der Waals surface area contributed by atoms with E-state index < -0.39 is 0 Å². The first-order chi connectivity index (χ1) is 5.85. The lowest BCUT2D eigenvalue weighted by Crippen LogP contribution is -2.15. The molecule has 0 aromatic carbocycles. The van der Waals surface area contributed by atoms with E-state index >= 15 is 0 Å². The summed E-state index contributed by atoms with van der Waals surface area (Å²) in [6.45, 7) is 7.93. The maximum absolute atomic E-state index is 5.45. The zero-order valence-corrected chi connectivity index (χ0v) is 10.7. The quantitative estimate of drug-likeness (QED) is 0.343. The average Bonchev–Trinajstić information content (AvgIpc) is 2.06. The largest absolute Gasteiger partial charge is 0.314 e. The lowest BCUT2D eigenvalue weighted by Gasteiger charge is -2.01. The fourth-order valence-electron chi connectivity index (χ4n) is 0.885. The van der Waals surface area contributed by atoms with Gasteiger partial charge >= 0.3 is 11.5 Å². The molecule has 0 bridgehead atoms. The zero-order valence-electron chi connectivity index (χ0n) is 8.47. The smallest absolute Gasteiger partial charge is 0.141 e. The lowest BCUT2D eigenvalue weighted by atomic mass is 10.6. The van der Waals surface area contributed by atoms with E-state index in [0.29, 0.717) is 0 Å². The topological polar surface area (TPSA) is 18.5 Å². The highest BCUT2D eigenvalue weighted by Gasteiger charge is 2.20. The highest BCUT2D eigenvalue weighted by atomic mass is 32.2. The van der Waals surface area contributed by atoms with Crippen molar-refractivity contribution < 1.29 is 8.37 Å². The molecule has 0 N–H and O–H groups in total. The third-order valence-corrected chi connectivity index (χ3v) is 4.24. The predicted octanol–water partition coefficient (Wildman–Crippen LogP) is 1.53. The molecule has 12 heavy (non-hydrogen) atoms. The van der Waals surface area contributed by atoms with Crippen molar-refractivity contribution >= 4 is 21.0 Å². The molecule has 0 saturated heterocycles. The van der Waals surface area contributed by atoms with Crippen LogP contribution in [0.1, 0.15) is 20.3 Å². The Balaban J connectivity index is 3.34. The molecule has 0 unspecified atom stereocenters. The monoisotopic (exact) mass is 209 g/mol. The Morgan fingerprint density at radius 2 is 1.75 bits per heavy atom. The molecule has 0 aromatic heterocycles. The lowest BCUT2D eigenvalue weighted by molar-refractivity contribution is 0.285. The average molecular weight is 209 g/mol. The van der Waals surface area contributed by atoms with Crippen molar-refractivity contribution in [3.63, 3.8) is 0 Å². The van der Waals surface area contributed by atoms with Gasteiger partial charge in [-0.2, -0.15) is 0 Å². The molecule has 0 aliphatic heterocycles. The van der Waals surface area contributed by atoms with Crippen LogP contribution in [0.4, 0.5) is 0 Å². The van der Waals surface area contributed by atoms with E-state index in [0.717, 1.165) is 19.0 Å². The summed E-state index contributed by atoms with van der Waals surface area (Å²) in [7, 11) is 0.236. The second kappa shape index (κ2) is 9.57. The molecule has 0 atom stereocenters. The third kappa shape index (κ3) is 7.15. The number of hydrogen-bond donors (Lipinski definition) is 0. The SMILES string of the molecule is CCO[S+](CCC[SiH2]C)OCC. The molecule has 0 fully saturated rings. The first-order valence-electron chi connectivity index (χ1n) is 4.82. The van der Waals surface area contributed by atoms with Crippen molar-refractivity contribution in [2.45, 2.75) is 32.9 Å². The molecule has 2 nitrogen and oxygen atoms in total. The van der Waals surface area contributed by atoms with Crippen LogP contribution < -0.4 is 0 Å². The molecule has 4 heteroatoms. The van der Waals surface area contributed by atoms with Crippen LogP contribution in [0, 0.1) is 0 Å². The molecule has 74 valence electrons. The minimum absolute atomic E-state index is 0.204. The van der Waals surface area contributed by atoms with Crippen LogP contribution in [0.25, 0.3) is 0 Å². The second-order valence-electron chi connectivity index (χ2n) is 2.53. The molecule has 0 aliphatic rings. The van der Waals surface area contributed by atoms with E-state index in [4.69, 9.17) is 8.37 Å². The molecule has 0 amide bonds. The van der Waals surface area contributed by atoms with E-state index in [1.165, 1.54) is 12.5 Å². The van der Waals surface area contributed by atoms with Gasteiger partial charge < -0.3 is 0 Å². The molecular weight excluding hydrogens is 188 g/mol. The highest BCUT2D eigenvalue weighted by Crippen LogP contribution is 2.05. The zero-order chi connectivity index (χ0) is 9.23. The predicted molar refractivity (Wildman–Crippen MR) is 59.3 cm³/mol. The van der Waals surface area contributed by atoms with Gasteiger partial charge in [0, 0.05) is 9.52 Å². The number of hydrogen-bond acceptors (Lipinski definition) is 2. The molecule has 0 aliphatic carbocycles. The van der Waals surface area contributed by atoms with Crippen molar-refractivity contribution in [1.82, 2.24) is 0 Å². The van der Waals surface area contributed by atoms with Crippen LogP contribution in [-0.4, -0.2) is 28.5 Å². The Morgan fingerprint density at radius 3 is 2.17 bits per heavy atom. The molecular formula is C8H21O2SSi+. The van der Waals surface area contributed by atoms with Crippen LogP contribution in [0.3, 0.4) is 0 Å². The van der Waals surface area contributed by atoms with Gasteiger partial charge in [-0.25, -0.2) is 0 Å². The third-order valence-electron chi connectivity index (χ3n) is 1.41. The van der Waals surface area contributed by atoms with Gasteiger partial charge in [-0.15, -0.1) is 8.37 Å². The molecule has 0 rings (SSSR count). The second-order valence-corrected chi connectivity index (χ2v) is 5.72. The Morgan fingerprint density at radius 1 is 1.17 bits per heavy atom. The summed E-state index contributed by atoms with van der Waals surface area (Å²) < 4.78 is 10.9. The molecule has 0 spiro atoms. The fraction of sp³-hybridized carbons (Fsp3) is 1.00. The van der Waals surface area contributed by atoms with Gasteiger partial charge in [-0.1, -0.05) is 12.6 Å². The summed E-state index contributed by atoms with van der Waals surface area (Å²) in [5.74, 6) is 1.10. The first kappa shape index (κ1) is 12.5. The van der Waals surface area contributed by atoms with Crippen LogP contribution in [-0.2, 0) is 19.8 Å². The standard InChI is InChI=1S/C8H21O2SSi/c1-4-9-11(10-5-2)7-6-8-12-3/h4-8,12H2,1-3H3/q+1. The molecule has 0 heterocycles. The van der Waals surface area contributed by atoms with Crippen LogP contribution in [0.15, 0.2) is 0 Å². The van der Waals surface area contributed by atoms with Crippen LogP contribution in [0.2, 0.25) is 12.6 Å². The van der Waals surface area contributed by atoms with Crippen molar-refractivity contribution in [1.29, 1.82) is 0 Å². The van der Waals surface area contributed by atoms with E-state index in [-0.39, 0.29) is 21.0 Å². The number of rotatable bonds is 8. The Kier molecular flexibility index (Phi) is 9.96. The minimum atomic E-state index is -0.204. The van der Waals surface area contributed by atoms with Gasteiger partial charge in [-0.05, 0) is 20.3 Å². The van der Waals surface area contributed by atoms with E-state index in [9.17, 15) is 0 Å². The van der Waals surface area contributed by atoms with E-state index in [1.54, 1.807) is 0 Å². The summed E-state index contributed by atoms with van der Waals surface area (Å²) in [6.07, 6.45) is 1.28. The van der Waals surface area contributed by atoms with Crippen molar-refractivity contribution in [2.75, 3.05) is 19.0 Å². The van der Waals surface area contributed by atoms with Gasteiger partial charge in [0.15, 0.2) is 5.75 Å². The van der Waals surface area contributed by atoms with Crippen molar-refractivity contribution in [3.05, 3.63) is 0 Å². The Labute approximate surface area is 81.6 Å². The molecule has 0 radical (unpaired) electrons. The van der Waals surface area contributed by atoms with Crippen LogP contribution >= 0.6 is 0 Å². The summed E-state index contributed by atoms with van der Waals surface area (Å²) in [5, 5.41) is 0. The Bertz CT molecular complexity index is 87.1. The van der Waals surface area contributed by atoms with Crippen molar-refractivity contribution in [3.8, 4) is 0 Å². The highest BCUT2D eigenvalue weighted by molar-refractivity contribution is 7.87. The van der Waals surface area contributed by atoms with Gasteiger partial charge in [0.2, 0.25) is 0 Å². The summed E-state index contributed by atoms with van der Waals surface area (Å²) in [4.78, 5) is 0. The normalized spacial score (nSPS) is 12.0.